The first kappa shape index (κ1) is 25.9. The number of nitrogens with one attached hydrogen (secondary N) is 1. The van der Waals surface area contributed by atoms with Crippen LogP contribution in [-0.4, -0.2) is 17.4 Å². The Morgan fingerprint density at radius 3 is 1.86 bits per heavy atom. The molecule has 0 heterocycles. The molecule has 4 fully saturated rings. The Bertz CT molecular complexity index is 1210. The fourth-order valence-electron chi connectivity index (χ4n) is 9.15. The van der Waals surface area contributed by atoms with Crippen LogP contribution >= 0.6 is 0 Å². The third kappa shape index (κ3) is 4.49. The molecule has 0 spiro atoms. The van der Waals surface area contributed by atoms with Crippen molar-refractivity contribution in [1.82, 2.24) is 3.80 Å². The maximum absolute atomic E-state index is 14.7. The average molecular weight is 589 g/mol. The molecule has 5 aliphatic carbocycles. The van der Waals surface area contributed by atoms with Crippen molar-refractivity contribution < 1.29 is 20.7 Å². The number of carbonyl (C=O) groups is 1. The molecule has 2 nitrogen and oxygen atoms in total. The van der Waals surface area contributed by atoms with Gasteiger partial charge in [0.1, 0.15) is 0 Å². The summed E-state index contributed by atoms with van der Waals surface area (Å²) in [7, 11) is 0. The van der Waals surface area contributed by atoms with E-state index in [0.717, 1.165) is 31.1 Å². The Hall–Kier alpha value is -1.35. The van der Waals surface area contributed by atoms with Crippen molar-refractivity contribution >= 4 is 26.2 Å². The summed E-state index contributed by atoms with van der Waals surface area (Å²) >= 11 is -4.56. The van der Waals surface area contributed by atoms with E-state index in [-0.39, 0.29) is 5.41 Å². The SMILES string of the molecule is CC1=C(C)C(C)[C]([Ti]([NH]C(=O)C23CC4CC(CC(C)(C4)C2)C3)[GeH]([c]2ccccc2)[c]2ccccc2)=C1C. The summed E-state index contributed by atoms with van der Waals surface area (Å²) < 4.78 is 8.77. The first-order chi connectivity index (χ1) is 17.7. The van der Waals surface area contributed by atoms with Crippen LogP contribution in [0.25, 0.3) is 0 Å². The maximum atomic E-state index is 14.7. The number of amides is 1. The van der Waals surface area contributed by atoms with E-state index in [1.807, 2.05) is 0 Å². The van der Waals surface area contributed by atoms with E-state index in [4.69, 9.17) is 0 Å². The van der Waals surface area contributed by atoms with Gasteiger partial charge < -0.3 is 0 Å². The van der Waals surface area contributed by atoms with Gasteiger partial charge in [0, 0.05) is 0 Å². The van der Waals surface area contributed by atoms with Crippen LogP contribution in [0.4, 0.5) is 0 Å². The summed E-state index contributed by atoms with van der Waals surface area (Å²) in [6, 6.07) is 22.6. The van der Waals surface area contributed by atoms with E-state index in [9.17, 15) is 4.79 Å². The predicted molar refractivity (Wildman–Crippen MR) is 153 cm³/mol. The number of rotatable bonds is 6. The van der Waals surface area contributed by atoms with Crippen LogP contribution in [0.1, 0.15) is 73.1 Å². The van der Waals surface area contributed by atoms with Crippen molar-refractivity contribution in [2.45, 2.75) is 73.1 Å². The topological polar surface area (TPSA) is 29.1 Å². The molecule has 37 heavy (non-hydrogen) atoms. The summed E-state index contributed by atoms with van der Waals surface area (Å²) in [6.07, 6.45) is 7.44. The van der Waals surface area contributed by atoms with E-state index < -0.39 is 27.4 Å². The van der Waals surface area contributed by atoms with Crippen LogP contribution in [0.5, 0.6) is 0 Å². The van der Waals surface area contributed by atoms with Gasteiger partial charge in [0.05, 0.1) is 0 Å². The zero-order valence-corrected chi connectivity index (χ0v) is 27.2. The van der Waals surface area contributed by atoms with Crippen LogP contribution in [0.15, 0.2) is 81.3 Å². The molecule has 3 atom stereocenters. The summed E-state index contributed by atoms with van der Waals surface area (Å²) in [5.74, 6) is 2.42. The van der Waals surface area contributed by atoms with E-state index in [1.54, 1.807) is 3.88 Å². The summed E-state index contributed by atoms with van der Waals surface area (Å²) in [4.78, 5) is 14.7. The summed E-state index contributed by atoms with van der Waals surface area (Å²) in [5.41, 5.74) is 4.72. The standard InChI is InChI=1S/C12H11Ge.C12H19NO.C9H13.Ti/c1-3-7-11(8-4-1)13-12-9-5-2-6-10-12;1-11-3-8-2-9(4-11)6-12(5-8,7-11)10(13)14;1-6-5-7(2)9(4)8(6)3;/h1-10,13H;8-9H,2-7H2,1H3,(H2,13,14);6H,1-4H3;/q;;;+1/p-1. The molecule has 1 N–H and O–H groups in total. The molecule has 4 saturated carbocycles. The van der Waals surface area contributed by atoms with Gasteiger partial charge in [-0.25, -0.2) is 0 Å². The molecule has 193 valence electrons. The third-order valence-electron chi connectivity index (χ3n) is 10.6. The van der Waals surface area contributed by atoms with Gasteiger partial charge in [0.15, 0.2) is 0 Å². The first-order valence-corrected chi connectivity index (χ1v) is 24.2. The molecule has 4 heteroatoms. The second-order valence-corrected chi connectivity index (χ2v) is 30.1. The van der Waals surface area contributed by atoms with Crippen molar-refractivity contribution in [3.05, 3.63) is 81.3 Å². The summed E-state index contributed by atoms with van der Waals surface area (Å²) in [5, 5.41) is 0. The zero-order valence-electron chi connectivity index (χ0n) is 23.2. The van der Waals surface area contributed by atoms with Gasteiger partial charge in [-0.3, -0.25) is 0 Å². The second kappa shape index (κ2) is 9.68. The number of benzene rings is 2. The number of hydrogen-bond acceptors (Lipinski definition) is 1. The monoisotopic (exact) mass is 590 g/mol. The number of hydrogen-bond donors (Lipinski definition) is 1. The van der Waals surface area contributed by atoms with Crippen LogP contribution in [0.3, 0.4) is 0 Å². The van der Waals surface area contributed by atoms with Crippen molar-refractivity contribution in [2.75, 3.05) is 0 Å². The third-order valence-corrected chi connectivity index (χ3v) is 33.2. The Morgan fingerprint density at radius 1 is 0.865 bits per heavy atom. The Kier molecular flexibility index (Phi) is 6.78. The summed E-state index contributed by atoms with van der Waals surface area (Å²) in [6.45, 7) is 11.9. The van der Waals surface area contributed by atoms with Crippen LogP contribution in [0, 0.1) is 28.6 Å². The zero-order chi connectivity index (χ0) is 25.9. The van der Waals surface area contributed by atoms with Gasteiger partial charge in [-0.1, -0.05) is 0 Å². The molecule has 0 aliphatic heterocycles. The van der Waals surface area contributed by atoms with Gasteiger partial charge in [-0.2, -0.15) is 0 Å². The molecule has 3 unspecified atom stereocenters. The Labute approximate surface area is 232 Å². The van der Waals surface area contributed by atoms with Gasteiger partial charge in [0.2, 0.25) is 0 Å². The fourth-order valence-corrected chi connectivity index (χ4v) is 35.3. The van der Waals surface area contributed by atoms with Crippen LogP contribution in [0.2, 0.25) is 0 Å². The van der Waals surface area contributed by atoms with Gasteiger partial charge >= 0.3 is 234 Å². The van der Waals surface area contributed by atoms with Crippen molar-refractivity contribution in [1.29, 1.82) is 0 Å². The van der Waals surface area contributed by atoms with E-state index in [2.05, 4.69) is 99.1 Å². The normalized spacial score (nSPS) is 32.4. The second-order valence-electron chi connectivity index (χ2n) is 13.2. The molecule has 2 aromatic carbocycles. The molecule has 7 rings (SSSR count). The van der Waals surface area contributed by atoms with Crippen molar-refractivity contribution in [3.8, 4) is 0 Å². The molecule has 2 aromatic rings. The molecular weight excluding hydrogens is 547 g/mol. The molecule has 5 aliphatic rings. The Morgan fingerprint density at radius 2 is 1.41 bits per heavy atom. The molecule has 0 aromatic heterocycles. The Balaban J connectivity index is 1.45. The molecule has 1 amide bonds. The van der Waals surface area contributed by atoms with Crippen LogP contribution < -0.4 is 12.6 Å². The average Bonchev–Trinajstić information content (AvgIpc) is 3.05. The minimum absolute atomic E-state index is 0.120. The quantitative estimate of drug-likeness (QED) is 0.410. The fraction of sp³-hybridized carbons (Fsp3) is 0.485. The first-order valence-electron chi connectivity index (χ1n) is 14.4. The van der Waals surface area contributed by atoms with E-state index >= 15 is 0 Å². The molecule has 0 saturated heterocycles. The van der Waals surface area contributed by atoms with Crippen molar-refractivity contribution in [3.63, 3.8) is 0 Å². The molecule has 4 bridgehead atoms. The van der Waals surface area contributed by atoms with Gasteiger partial charge in [0.25, 0.3) is 0 Å². The van der Waals surface area contributed by atoms with Gasteiger partial charge in [-0.15, -0.1) is 0 Å². The van der Waals surface area contributed by atoms with E-state index in [1.165, 1.54) is 44.8 Å². The van der Waals surface area contributed by atoms with E-state index in [0.29, 0.717) is 17.2 Å². The number of allylic oxidation sites excluding steroid dienone is 4. The number of carbonyl (C=O) groups excluding carboxylic acids is 1. The van der Waals surface area contributed by atoms with Gasteiger partial charge in [-0.05, 0) is 0 Å². The van der Waals surface area contributed by atoms with Crippen molar-refractivity contribution in [2.24, 2.45) is 28.6 Å². The molecule has 0 radical (unpaired) electrons. The van der Waals surface area contributed by atoms with Crippen LogP contribution in [-0.2, 0) is 20.7 Å². The molecular formula is C33H42GeNOTi. The predicted octanol–water partition coefficient (Wildman–Crippen LogP) is 6.04. The minimum atomic E-state index is -2.34.